The molecule has 0 aromatic carbocycles. The van der Waals surface area contributed by atoms with Crippen molar-refractivity contribution in [2.75, 3.05) is 65.4 Å². The number of piperidine rings is 2. The SMILES string of the molecule is O=C(CN1CCN(CC2CCNCC2)CC1)N1CCCCC1. The van der Waals surface area contributed by atoms with Crippen molar-refractivity contribution in [3.8, 4) is 0 Å². The molecule has 1 N–H and O–H groups in total. The largest absolute Gasteiger partial charge is 0.342 e. The number of nitrogens with zero attached hydrogens (tertiary/aromatic N) is 3. The molecule has 1 amide bonds. The number of nitrogens with one attached hydrogen (secondary N) is 1. The third kappa shape index (κ3) is 4.67. The minimum Gasteiger partial charge on any atom is -0.342 e. The lowest BCUT2D eigenvalue weighted by atomic mass is 9.97. The smallest absolute Gasteiger partial charge is 0.236 e. The van der Waals surface area contributed by atoms with Gasteiger partial charge in [0, 0.05) is 45.8 Å². The Labute approximate surface area is 135 Å². The molecular formula is C17H32N4O. The standard InChI is InChI=1S/C17H32N4O/c22-17(21-8-2-1-3-9-21)15-20-12-10-19(11-13-20)14-16-4-6-18-7-5-16/h16,18H,1-15H2. The Morgan fingerprint density at radius 2 is 1.50 bits per heavy atom. The normalized spacial score (nSPS) is 26.3. The second kappa shape index (κ2) is 8.27. The van der Waals surface area contributed by atoms with Gasteiger partial charge in [0.15, 0.2) is 0 Å². The van der Waals surface area contributed by atoms with Crippen LogP contribution in [-0.2, 0) is 4.79 Å². The molecule has 0 saturated carbocycles. The van der Waals surface area contributed by atoms with Crippen LogP contribution in [0.2, 0.25) is 0 Å². The van der Waals surface area contributed by atoms with Crippen molar-refractivity contribution >= 4 is 5.91 Å². The van der Waals surface area contributed by atoms with E-state index in [2.05, 4.69) is 20.0 Å². The highest BCUT2D eigenvalue weighted by Gasteiger charge is 2.24. The molecule has 5 nitrogen and oxygen atoms in total. The summed E-state index contributed by atoms with van der Waals surface area (Å²) in [6.45, 7) is 10.6. The Morgan fingerprint density at radius 3 is 2.18 bits per heavy atom. The van der Waals surface area contributed by atoms with E-state index in [4.69, 9.17) is 0 Å². The molecule has 5 heteroatoms. The highest BCUT2D eigenvalue weighted by molar-refractivity contribution is 5.78. The molecular weight excluding hydrogens is 276 g/mol. The zero-order valence-electron chi connectivity index (χ0n) is 13.9. The second-order valence-corrected chi connectivity index (χ2v) is 7.21. The molecule has 3 saturated heterocycles. The summed E-state index contributed by atoms with van der Waals surface area (Å²) >= 11 is 0. The van der Waals surface area contributed by atoms with Crippen LogP contribution in [0.25, 0.3) is 0 Å². The highest BCUT2D eigenvalue weighted by Crippen LogP contribution is 2.15. The first-order valence-electron chi connectivity index (χ1n) is 9.24. The van der Waals surface area contributed by atoms with E-state index in [1.807, 2.05) is 0 Å². The number of hydrogen-bond donors (Lipinski definition) is 1. The van der Waals surface area contributed by atoms with Crippen LogP contribution in [0.15, 0.2) is 0 Å². The number of amides is 1. The van der Waals surface area contributed by atoms with Crippen LogP contribution in [0.1, 0.15) is 32.1 Å². The van der Waals surface area contributed by atoms with Gasteiger partial charge in [-0.1, -0.05) is 0 Å². The number of piperazine rings is 1. The molecule has 0 unspecified atom stereocenters. The summed E-state index contributed by atoms with van der Waals surface area (Å²) < 4.78 is 0. The Balaban J connectivity index is 1.35. The Bertz CT molecular complexity index is 343. The lowest BCUT2D eigenvalue weighted by Gasteiger charge is -2.38. The van der Waals surface area contributed by atoms with Gasteiger partial charge >= 0.3 is 0 Å². The van der Waals surface area contributed by atoms with Gasteiger partial charge in [-0.25, -0.2) is 0 Å². The van der Waals surface area contributed by atoms with E-state index < -0.39 is 0 Å². The van der Waals surface area contributed by atoms with Gasteiger partial charge < -0.3 is 15.1 Å². The van der Waals surface area contributed by atoms with Crippen LogP contribution in [0, 0.1) is 5.92 Å². The van der Waals surface area contributed by atoms with Crippen LogP contribution >= 0.6 is 0 Å². The third-order valence-corrected chi connectivity index (χ3v) is 5.51. The Morgan fingerprint density at radius 1 is 0.864 bits per heavy atom. The van der Waals surface area contributed by atoms with Gasteiger partial charge in [0.1, 0.15) is 0 Å². The number of rotatable bonds is 4. The molecule has 3 aliphatic rings. The van der Waals surface area contributed by atoms with E-state index in [0.29, 0.717) is 12.5 Å². The molecule has 3 fully saturated rings. The molecule has 126 valence electrons. The van der Waals surface area contributed by atoms with Crippen molar-refractivity contribution < 1.29 is 4.79 Å². The summed E-state index contributed by atoms with van der Waals surface area (Å²) in [5.74, 6) is 1.23. The Kier molecular flexibility index (Phi) is 6.10. The van der Waals surface area contributed by atoms with Crippen LogP contribution in [0.3, 0.4) is 0 Å². The Hall–Kier alpha value is -0.650. The predicted molar refractivity (Wildman–Crippen MR) is 88.9 cm³/mol. The van der Waals surface area contributed by atoms with E-state index in [-0.39, 0.29) is 0 Å². The fraction of sp³-hybridized carbons (Fsp3) is 0.941. The third-order valence-electron chi connectivity index (χ3n) is 5.51. The first kappa shape index (κ1) is 16.2. The predicted octanol–water partition coefficient (Wildman–Crippen LogP) is 0.616. The number of carbonyl (C=O) groups excluding carboxylic acids is 1. The minimum absolute atomic E-state index is 0.353. The fourth-order valence-corrected chi connectivity index (χ4v) is 3.99. The van der Waals surface area contributed by atoms with Gasteiger partial charge in [0.25, 0.3) is 0 Å². The van der Waals surface area contributed by atoms with Crippen molar-refractivity contribution in [3.05, 3.63) is 0 Å². The first-order chi connectivity index (χ1) is 10.8. The summed E-state index contributed by atoms with van der Waals surface area (Å²) in [4.78, 5) is 19.4. The van der Waals surface area contributed by atoms with Crippen molar-refractivity contribution in [3.63, 3.8) is 0 Å². The molecule has 3 rings (SSSR count). The lowest BCUT2D eigenvalue weighted by Crippen LogP contribution is -2.51. The van der Waals surface area contributed by atoms with Gasteiger partial charge in [-0.15, -0.1) is 0 Å². The molecule has 0 aliphatic carbocycles. The lowest BCUT2D eigenvalue weighted by molar-refractivity contribution is -0.133. The average molecular weight is 308 g/mol. The quantitative estimate of drug-likeness (QED) is 0.826. The van der Waals surface area contributed by atoms with E-state index in [1.165, 1.54) is 51.7 Å². The molecule has 0 atom stereocenters. The zero-order chi connectivity index (χ0) is 15.2. The number of carbonyl (C=O) groups is 1. The summed E-state index contributed by atoms with van der Waals surface area (Å²) in [7, 11) is 0. The van der Waals surface area contributed by atoms with Crippen molar-refractivity contribution in [1.82, 2.24) is 20.0 Å². The molecule has 0 bridgehead atoms. The number of likely N-dealkylation sites (tertiary alicyclic amines) is 1. The molecule has 0 radical (unpaired) electrons. The summed E-state index contributed by atoms with van der Waals surface area (Å²) in [5.41, 5.74) is 0. The van der Waals surface area contributed by atoms with Crippen molar-refractivity contribution in [2.24, 2.45) is 5.92 Å². The van der Waals surface area contributed by atoms with Gasteiger partial charge in [0.05, 0.1) is 6.54 Å². The summed E-state index contributed by atoms with van der Waals surface area (Å²) in [6.07, 6.45) is 6.33. The number of hydrogen-bond acceptors (Lipinski definition) is 4. The maximum atomic E-state index is 12.3. The minimum atomic E-state index is 0.353. The topological polar surface area (TPSA) is 38.8 Å². The second-order valence-electron chi connectivity index (χ2n) is 7.21. The highest BCUT2D eigenvalue weighted by atomic mass is 16.2. The zero-order valence-corrected chi connectivity index (χ0v) is 13.9. The molecule has 3 heterocycles. The maximum Gasteiger partial charge on any atom is 0.236 e. The van der Waals surface area contributed by atoms with E-state index in [0.717, 1.165) is 45.2 Å². The summed E-state index contributed by atoms with van der Waals surface area (Å²) in [5, 5.41) is 3.44. The average Bonchev–Trinajstić information content (AvgIpc) is 2.58. The van der Waals surface area contributed by atoms with Gasteiger partial charge in [-0.3, -0.25) is 9.69 Å². The van der Waals surface area contributed by atoms with Crippen LogP contribution in [-0.4, -0.2) is 86.1 Å². The van der Waals surface area contributed by atoms with E-state index in [1.54, 1.807) is 0 Å². The molecule has 0 aromatic heterocycles. The maximum absolute atomic E-state index is 12.3. The summed E-state index contributed by atoms with van der Waals surface area (Å²) in [6, 6.07) is 0. The molecule has 0 aromatic rings. The van der Waals surface area contributed by atoms with Crippen LogP contribution < -0.4 is 5.32 Å². The monoisotopic (exact) mass is 308 g/mol. The van der Waals surface area contributed by atoms with Crippen molar-refractivity contribution in [2.45, 2.75) is 32.1 Å². The van der Waals surface area contributed by atoms with Crippen LogP contribution in [0.4, 0.5) is 0 Å². The molecule has 0 spiro atoms. The molecule has 22 heavy (non-hydrogen) atoms. The van der Waals surface area contributed by atoms with Gasteiger partial charge in [0.2, 0.25) is 5.91 Å². The van der Waals surface area contributed by atoms with Crippen molar-refractivity contribution in [1.29, 1.82) is 0 Å². The van der Waals surface area contributed by atoms with E-state index in [9.17, 15) is 4.79 Å². The van der Waals surface area contributed by atoms with Crippen LogP contribution in [0.5, 0.6) is 0 Å². The fourth-order valence-electron chi connectivity index (χ4n) is 3.99. The van der Waals surface area contributed by atoms with Gasteiger partial charge in [-0.2, -0.15) is 0 Å². The molecule has 3 aliphatic heterocycles. The first-order valence-corrected chi connectivity index (χ1v) is 9.24. The van der Waals surface area contributed by atoms with E-state index >= 15 is 0 Å². The van der Waals surface area contributed by atoms with Gasteiger partial charge in [-0.05, 0) is 51.1 Å².